The van der Waals surface area contributed by atoms with E-state index in [1.807, 2.05) is 19.1 Å². The fourth-order valence-electron chi connectivity index (χ4n) is 1.80. The second kappa shape index (κ2) is 6.61. The minimum absolute atomic E-state index is 0.680. The summed E-state index contributed by atoms with van der Waals surface area (Å²) in [7, 11) is -0.680. The van der Waals surface area contributed by atoms with Crippen LogP contribution < -0.4 is 5.32 Å². The molecule has 96 valence electrons. The lowest BCUT2D eigenvalue weighted by Gasteiger charge is -2.05. The topological polar surface area (TPSA) is 42.0 Å². The van der Waals surface area contributed by atoms with Crippen molar-refractivity contribution in [1.29, 1.82) is 0 Å². The van der Waals surface area contributed by atoms with Gasteiger partial charge in [0.1, 0.15) is 0 Å². The summed E-state index contributed by atoms with van der Waals surface area (Å²) in [5.41, 5.74) is 2.26. The molecule has 2 rings (SSSR count). The second-order valence-corrected chi connectivity index (χ2v) is 6.01. The smallest absolute Gasteiger partial charge is 0.0702 e. The van der Waals surface area contributed by atoms with Crippen molar-refractivity contribution in [3.05, 3.63) is 42.1 Å². The van der Waals surface area contributed by atoms with E-state index in [0.717, 1.165) is 35.5 Å². The van der Waals surface area contributed by atoms with Gasteiger partial charge in [0.2, 0.25) is 0 Å². The van der Waals surface area contributed by atoms with Crippen LogP contribution in [0, 0.1) is 0 Å². The molecule has 0 bridgehead atoms. The number of rotatable bonds is 6. The van der Waals surface area contributed by atoms with Crippen molar-refractivity contribution >= 4 is 21.7 Å². The van der Waals surface area contributed by atoms with E-state index in [0.29, 0.717) is 0 Å². The molecule has 0 amide bonds. The summed E-state index contributed by atoms with van der Waals surface area (Å²) in [6, 6.07) is 10.3. The molecule has 3 nitrogen and oxygen atoms in total. The van der Waals surface area contributed by atoms with Gasteiger partial charge in [0.05, 0.1) is 5.52 Å². The van der Waals surface area contributed by atoms with Crippen LogP contribution in [0.4, 0.5) is 0 Å². The molecule has 2 aromatic rings. The van der Waals surface area contributed by atoms with E-state index in [2.05, 4.69) is 28.5 Å². The van der Waals surface area contributed by atoms with Crippen molar-refractivity contribution in [1.82, 2.24) is 10.3 Å². The molecule has 1 unspecified atom stereocenters. The maximum absolute atomic E-state index is 11.3. The van der Waals surface area contributed by atoms with Crippen molar-refractivity contribution in [3.63, 3.8) is 0 Å². The molecule has 1 N–H and O–H groups in total. The standard InChI is InChI=1S/C14H18N2OS/c1-2-18(17)9-8-15-11-12-5-6-14-13(10-12)4-3-7-16-14/h3-7,10,15H,2,8-9,11H2,1H3. The molecule has 0 aliphatic rings. The summed E-state index contributed by atoms with van der Waals surface area (Å²) in [4.78, 5) is 4.29. The predicted octanol–water partition coefficient (Wildman–Crippen LogP) is 2.09. The number of hydrogen-bond donors (Lipinski definition) is 1. The van der Waals surface area contributed by atoms with E-state index in [1.165, 1.54) is 5.56 Å². The van der Waals surface area contributed by atoms with Crippen molar-refractivity contribution in [3.8, 4) is 0 Å². The fourth-order valence-corrected chi connectivity index (χ4v) is 2.46. The van der Waals surface area contributed by atoms with E-state index in [9.17, 15) is 4.21 Å². The molecule has 18 heavy (non-hydrogen) atoms. The van der Waals surface area contributed by atoms with Gasteiger partial charge in [-0.05, 0) is 23.8 Å². The second-order valence-electron chi connectivity index (χ2n) is 4.14. The highest BCUT2D eigenvalue weighted by Crippen LogP contribution is 2.12. The number of benzene rings is 1. The molecule has 0 spiro atoms. The first kappa shape index (κ1) is 13.2. The Morgan fingerprint density at radius 1 is 1.33 bits per heavy atom. The molecule has 0 aliphatic carbocycles. The Hall–Kier alpha value is -1.26. The number of nitrogens with one attached hydrogen (secondary N) is 1. The third kappa shape index (κ3) is 3.62. The summed E-state index contributed by atoms with van der Waals surface area (Å²) in [5, 5.41) is 4.48. The van der Waals surface area contributed by atoms with E-state index < -0.39 is 10.8 Å². The molecule has 0 fully saturated rings. The van der Waals surface area contributed by atoms with Gasteiger partial charge in [-0.15, -0.1) is 0 Å². The molecule has 0 aliphatic heterocycles. The quantitative estimate of drug-likeness (QED) is 0.811. The maximum atomic E-state index is 11.3. The predicted molar refractivity (Wildman–Crippen MR) is 77.0 cm³/mol. The average Bonchev–Trinajstić information content (AvgIpc) is 2.43. The van der Waals surface area contributed by atoms with Gasteiger partial charge in [0.15, 0.2) is 0 Å². The molecule has 4 heteroatoms. The van der Waals surface area contributed by atoms with Crippen molar-refractivity contribution in [2.45, 2.75) is 13.5 Å². The van der Waals surface area contributed by atoms with Gasteiger partial charge >= 0.3 is 0 Å². The van der Waals surface area contributed by atoms with Crippen LogP contribution in [0.2, 0.25) is 0 Å². The largest absolute Gasteiger partial charge is 0.312 e. The Morgan fingerprint density at radius 3 is 3.06 bits per heavy atom. The van der Waals surface area contributed by atoms with Gasteiger partial charge in [-0.1, -0.05) is 19.1 Å². The Labute approximate surface area is 110 Å². The van der Waals surface area contributed by atoms with Crippen LogP contribution in [-0.2, 0) is 17.3 Å². The summed E-state index contributed by atoms with van der Waals surface area (Å²) in [5.74, 6) is 1.47. The fraction of sp³-hybridized carbons (Fsp3) is 0.357. The zero-order valence-corrected chi connectivity index (χ0v) is 11.4. The summed E-state index contributed by atoms with van der Waals surface area (Å²) >= 11 is 0. The van der Waals surface area contributed by atoms with Crippen LogP contribution in [-0.4, -0.2) is 27.2 Å². The molecule has 0 saturated heterocycles. The van der Waals surface area contributed by atoms with Gasteiger partial charge in [-0.3, -0.25) is 9.19 Å². The van der Waals surface area contributed by atoms with Gasteiger partial charge in [0, 0.05) is 47.0 Å². The zero-order chi connectivity index (χ0) is 12.8. The van der Waals surface area contributed by atoms with Gasteiger partial charge in [-0.25, -0.2) is 0 Å². The van der Waals surface area contributed by atoms with Gasteiger partial charge < -0.3 is 5.32 Å². The molecule has 1 atom stereocenters. The molecule has 1 aromatic heterocycles. The lowest BCUT2D eigenvalue weighted by atomic mass is 10.1. The first-order valence-corrected chi connectivity index (χ1v) is 7.67. The SMILES string of the molecule is CCS(=O)CCNCc1ccc2ncccc2c1. The Balaban J connectivity index is 1.90. The lowest BCUT2D eigenvalue weighted by molar-refractivity contribution is 0.674. The summed E-state index contributed by atoms with van der Waals surface area (Å²) in [6.07, 6.45) is 1.81. The van der Waals surface area contributed by atoms with Crippen molar-refractivity contribution < 1.29 is 4.21 Å². The van der Waals surface area contributed by atoms with E-state index in [4.69, 9.17) is 0 Å². The van der Waals surface area contributed by atoms with Crippen LogP contribution in [0.5, 0.6) is 0 Å². The molecule has 1 aromatic carbocycles. The number of hydrogen-bond acceptors (Lipinski definition) is 3. The van der Waals surface area contributed by atoms with Crippen LogP contribution in [0.15, 0.2) is 36.5 Å². The number of nitrogens with zero attached hydrogens (tertiary/aromatic N) is 1. The van der Waals surface area contributed by atoms with E-state index in [-0.39, 0.29) is 0 Å². The molecule has 0 radical (unpaired) electrons. The third-order valence-electron chi connectivity index (χ3n) is 2.83. The maximum Gasteiger partial charge on any atom is 0.0702 e. The number of pyridine rings is 1. The summed E-state index contributed by atoms with van der Waals surface area (Å²) in [6.45, 7) is 3.56. The first-order chi connectivity index (χ1) is 8.79. The van der Waals surface area contributed by atoms with Crippen molar-refractivity contribution in [2.75, 3.05) is 18.1 Å². The minimum atomic E-state index is -0.680. The highest BCUT2D eigenvalue weighted by molar-refractivity contribution is 7.84. The van der Waals surface area contributed by atoms with Crippen LogP contribution in [0.25, 0.3) is 10.9 Å². The lowest BCUT2D eigenvalue weighted by Crippen LogP contribution is -2.20. The molecular formula is C14H18N2OS. The zero-order valence-electron chi connectivity index (χ0n) is 10.6. The number of aromatic nitrogens is 1. The highest BCUT2D eigenvalue weighted by Gasteiger charge is 1.98. The monoisotopic (exact) mass is 262 g/mol. The van der Waals surface area contributed by atoms with Gasteiger partial charge in [0.25, 0.3) is 0 Å². The normalized spacial score (nSPS) is 12.7. The van der Waals surface area contributed by atoms with Gasteiger partial charge in [-0.2, -0.15) is 0 Å². The molecular weight excluding hydrogens is 244 g/mol. The number of fused-ring (bicyclic) bond motifs is 1. The molecule has 0 saturated carbocycles. The molecule has 1 heterocycles. The Kier molecular flexibility index (Phi) is 4.84. The van der Waals surface area contributed by atoms with Crippen LogP contribution >= 0.6 is 0 Å². The minimum Gasteiger partial charge on any atom is -0.312 e. The van der Waals surface area contributed by atoms with E-state index >= 15 is 0 Å². The van der Waals surface area contributed by atoms with Crippen LogP contribution in [0.3, 0.4) is 0 Å². The first-order valence-electron chi connectivity index (χ1n) is 6.19. The average molecular weight is 262 g/mol. The summed E-state index contributed by atoms with van der Waals surface area (Å²) < 4.78 is 11.3. The van der Waals surface area contributed by atoms with E-state index in [1.54, 1.807) is 6.20 Å². The third-order valence-corrected chi connectivity index (χ3v) is 4.13. The Morgan fingerprint density at radius 2 is 2.22 bits per heavy atom. The Bertz CT molecular complexity index is 542. The highest BCUT2D eigenvalue weighted by atomic mass is 32.2. The van der Waals surface area contributed by atoms with Crippen LogP contribution in [0.1, 0.15) is 12.5 Å². The van der Waals surface area contributed by atoms with Crippen molar-refractivity contribution in [2.24, 2.45) is 0 Å².